The van der Waals surface area contributed by atoms with Crippen molar-refractivity contribution < 1.29 is 22.6 Å². The highest BCUT2D eigenvalue weighted by molar-refractivity contribution is 7.84. The fourth-order valence-electron chi connectivity index (χ4n) is 1.03. The number of nitrogens with zero attached hydrogens (tertiary/aromatic N) is 1. The molecule has 4 N–H and O–H groups in total. The zero-order chi connectivity index (χ0) is 13.5. The fourth-order valence-corrected chi connectivity index (χ4v) is 1.70. The van der Waals surface area contributed by atoms with E-state index in [1.165, 1.54) is 0 Å². The summed E-state index contributed by atoms with van der Waals surface area (Å²) in [6, 6.07) is 0. The molecule has 0 aromatic heterocycles. The van der Waals surface area contributed by atoms with Crippen molar-refractivity contribution >= 4 is 16.6 Å². The first-order valence-corrected chi connectivity index (χ1v) is 6.41. The minimum absolute atomic E-state index is 0.186. The van der Waals surface area contributed by atoms with Crippen LogP contribution in [0.25, 0.3) is 0 Å². The number of oxime groups is 1. The summed E-state index contributed by atoms with van der Waals surface area (Å²) in [5.41, 5.74) is 4.95. The molecule has 0 aliphatic carbocycles. The Morgan fingerprint density at radius 3 is 2.59 bits per heavy atom. The van der Waals surface area contributed by atoms with E-state index in [1.54, 1.807) is 6.92 Å². The molecule has 0 amide bonds. The molecule has 0 aromatic rings. The van der Waals surface area contributed by atoms with Crippen LogP contribution in [0.4, 0.5) is 13.2 Å². The lowest BCUT2D eigenvalue weighted by atomic mass is 10.1. The van der Waals surface area contributed by atoms with Gasteiger partial charge in [0.2, 0.25) is 0 Å². The molecule has 0 saturated heterocycles. The molecule has 0 spiro atoms. The second-order valence-electron chi connectivity index (χ2n) is 3.26. The Balaban J connectivity index is 4.16. The smallest absolute Gasteiger partial charge is 0.400 e. The van der Waals surface area contributed by atoms with E-state index in [0.29, 0.717) is 5.75 Å². The normalized spacial score (nSPS) is 16.8. The molecular weight excluding hydrogens is 259 g/mol. The third-order valence-corrected chi connectivity index (χ3v) is 3.35. The molecule has 0 radical (unpaired) electrons. The minimum atomic E-state index is -4.58. The SMILES string of the molecule is CCS(=O)CCNCC(C(N)=NO)C(F)(F)F. The number of nitrogens with two attached hydrogens (primary N) is 1. The van der Waals surface area contributed by atoms with Crippen molar-refractivity contribution in [3.63, 3.8) is 0 Å². The van der Waals surface area contributed by atoms with Crippen molar-refractivity contribution in [2.24, 2.45) is 16.8 Å². The van der Waals surface area contributed by atoms with Gasteiger partial charge in [0.1, 0.15) is 5.92 Å². The van der Waals surface area contributed by atoms with Gasteiger partial charge >= 0.3 is 6.18 Å². The molecule has 2 atom stereocenters. The second-order valence-corrected chi connectivity index (χ2v) is 5.12. The quantitative estimate of drug-likeness (QED) is 0.205. The van der Waals surface area contributed by atoms with E-state index in [-0.39, 0.29) is 12.3 Å². The molecule has 0 fully saturated rings. The highest BCUT2D eigenvalue weighted by Gasteiger charge is 2.42. The lowest BCUT2D eigenvalue weighted by molar-refractivity contribution is -0.154. The van der Waals surface area contributed by atoms with Crippen LogP contribution in [0.1, 0.15) is 6.92 Å². The first-order valence-electron chi connectivity index (χ1n) is 4.92. The third-order valence-electron chi connectivity index (χ3n) is 2.04. The predicted molar refractivity (Wildman–Crippen MR) is 59.4 cm³/mol. The summed E-state index contributed by atoms with van der Waals surface area (Å²) >= 11 is 0. The van der Waals surface area contributed by atoms with Gasteiger partial charge in [0, 0.05) is 35.4 Å². The van der Waals surface area contributed by atoms with Gasteiger partial charge in [-0.25, -0.2) is 0 Å². The molecule has 17 heavy (non-hydrogen) atoms. The van der Waals surface area contributed by atoms with Crippen LogP contribution in [0.15, 0.2) is 5.16 Å². The highest BCUT2D eigenvalue weighted by Crippen LogP contribution is 2.25. The standard InChI is InChI=1S/C8H16F3N3O2S/c1-2-17(16)4-3-13-5-6(7(12)14-15)8(9,10)11/h6,13,15H,2-5H2,1H3,(H2,12,14). The molecule has 102 valence electrons. The van der Waals surface area contributed by atoms with Crippen LogP contribution in [0.3, 0.4) is 0 Å². The van der Waals surface area contributed by atoms with Gasteiger partial charge in [0.05, 0.1) is 0 Å². The zero-order valence-corrected chi connectivity index (χ0v) is 10.1. The maximum absolute atomic E-state index is 12.4. The summed E-state index contributed by atoms with van der Waals surface area (Å²) in [5, 5.41) is 13.1. The first kappa shape index (κ1) is 16.2. The average Bonchev–Trinajstić information content (AvgIpc) is 2.25. The number of alkyl halides is 3. The van der Waals surface area contributed by atoms with Crippen LogP contribution in [0.5, 0.6) is 0 Å². The van der Waals surface area contributed by atoms with Crippen LogP contribution < -0.4 is 11.1 Å². The van der Waals surface area contributed by atoms with Crippen LogP contribution in [-0.2, 0) is 10.8 Å². The third kappa shape index (κ3) is 6.47. The van der Waals surface area contributed by atoms with Crippen molar-refractivity contribution in [1.29, 1.82) is 0 Å². The van der Waals surface area contributed by atoms with E-state index in [2.05, 4.69) is 10.5 Å². The average molecular weight is 275 g/mol. The van der Waals surface area contributed by atoms with Gasteiger partial charge in [0.25, 0.3) is 0 Å². The number of hydrogen-bond acceptors (Lipinski definition) is 4. The monoisotopic (exact) mass is 275 g/mol. The van der Waals surface area contributed by atoms with Gasteiger partial charge in [-0.15, -0.1) is 0 Å². The maximum Gasteiger partial charge on any atom is 0.400 e. The van der Waals surface area contributed by atoms with Crippen LogP contribution >= 0.6 is 0 Å². The fraction of sp³-hybridized carbons (Fsp3) is 0.875. The van der Waals surface area contributed by atoms with Gasteiger partial charge < -0.3 is 16.3 Å². The van der Waals surface area contributed by atoms with Crippen LogP contribution in [0.2, 0.25) is 0 Å². The lowest BCUT2D eigenvalue weighted by Crippen LogP contribution is -2.43. The van der Waals surface area contributed by atoms with E-state index in [0.717, 1.165) is 0 Å². The number of halogens is 3. The van der Waals surface area contributed by atoms with E-state index < -0.39 is 35.3 Å². The molecule has 2 unspecified atom stereocenters. The van der Waals surface area contributed by atoms with E-state index in [4.69, 9.17) is 10.9 Å². The number of amidine groups is 1. The van der Waals surface area contributed by atoms with Crippen molar-refractivity contribution in [1.82, 2.24) is 5.32 Å². The zero-order valence-electron chi connectivity index (χ0n) is 9.33. The number of hydrogen-bond donors (Lipinski definition) is 3. The highest BCUT2D eigenvalue weighted by atomic mass is 32.2. The van der Waals surface area contributed by atoms with Gasteiger partial charge in [-0.1, -0.05) is 12.1 Å². The van der Waals surface area contributed by atoms with E-state index >= 15 is 0 Å². The molecule has 0 aromatic carbocycles. The van der Waals surface area contributed by atoms with Crippen molar-refractivity contribution in [3.05, 3.63) is 0 Å². The molecule has 0 saturated carbocycles. The molecular formula is C8H16F3N3O2S. The van der Waals surface area contributed by atoms with Gasteiger partial charge in [-0.3, -0.25) is 4.21 Å². The molecule has 0 bridgehead atoms. The first-order chi connectivity index (χ1) is 7.82. The van der Waals surface area contributed by atoms with Gasteiger partial charge in [-0.05, 0) is 0 Å². The van der Waals surface area contributed by atoms with Crippen LogP contribution in [0, 0.1) is 5.92 Å². The Morgan fingerprint density at radius 1 is 1.59 bits per heavy atom. The Kier molecular flexibility index (Phi) is 7.12. The summed E-state index contributed by atoms with van der Waals surface area (Å²) in [7, 11) is -1.03. The molecule has 5 nitrogen and oxygen atoms in total. The van der Waals surface area contributed by atoms with Crippen molar-refractivity contribution in [2.75, 3.05) is 24.6 Å². The maximum atomic E-state index is 12.4. The van der Waals surface area contributed by atoms with Crippen molar-refractivity contribution in [3.8, 4) is 0 Å². The Morgan fingerprint density at radius 2 is 2.18 bits per heavy atom. The second kappa shape index (κ2) is 7.49. The van der Waals surface area contributed by atoms with E-state index in [1.807, 2.05) is 0 Å². The van der Waals surface area contributed by atoms with Crippen molar-refractivity contribution in [2.45, 2.75) is 13.1 Å². The summed E-state index contributed by atoms with van der Waals surface area (Å²) < 4.78 is 48.3. The predicted octanol–water partition coefficient (Wildman–Crippen LogP) is 0.270. The lowest BCUT2D eigenvalue weighted by Gasteiger charge is -2.19. The minimum Gasteiger partial charge on any atom is -0.409 e. The topological polar surface area (TPSA) is 87.7 Å². The van der Waals surface area contributed by atoms with Gasteiger partial charge in [0.15, 0.2) is 5.84 Å². The molecule has 0 heterocycles. The molecule has 9 heteroatoms. The summed E-state index contributed by atoms with van der Waals surface area (Å²) in [6.45, 7) is 1.41. The van der Waals surface area contributed by atoms with Gasteiger partial charge in [-0.2, -0.15) is 13.2 Å². The Labute approximate surface area is 99.7 Å². The summed E-state index contributed by atoms with van der Waals surface area (Å²) in [6.07, 6.45) is -4.58. The number of nitrogens with one attached hydrogen (secondary N) is 1. The molecule has 0 aliphatic heterocycles. The van der Waals surface area contributed by atoms with E-state index in [9.17, 15) is 17.4 Å². The Hall–Kier alpha value is -0.830. The molecule has 0 rings (SSSR count). The molecule has 0 aliphatic rings. The number of rotatable bonds is 7. The summed E-state index contributed by atoms with van der Waals surface area (Å²) in [4.78, 5) is 0. The van der Waals surface area contributed by atoms with Crippen LogP contribution in [-0.4, -0.2) is 46.0 Å². The largest absolute Gasteiger partial charge is 0.409 e. The Bertz CT molecular complexity index is 284. The summed E-state index contributed by atoms with van der Waals surface area (Å²) in [5.74, 6) is -2.19.